The smallest absolute Gasteiger partial charge is 0.272 e. The third-order valence-corrected chi connectivity index (χ3v) is 12.5. The maximum atomic E-state index is 15.0. The van der Waals surface area contributed by atoms with Crippen LogP contribution in [-0.2, 0) is 20.8 Å². The minimum atomic E-state index is -0.998. The molecule has 0 spiro atoms. The zero-order chi connectivity index (χ0) is 40.9. The molecule has 0 saturated carbocycles. The van der Waals surface area contributed by atoms with Gasteiger partial charge in [-0.2, -0.15) is 5.10 Å². The van der Waals surface area contributed by atoms with E-state index in [0.717, 1.165) is 56.2 Å². The number of carbonyl (C=O) groups excluding carboxylic acids is 6. The Labute approximate surface area is 338 Å². The van der Waals surface area contributed by atoms with Gasteiger partial charge in [0, 0.05) is 81.6 Å². The van der Waals surface area contributed by atoms with Gasteiger partial charge in [0.15, 0.2) is 0 Å². The van der Waals surface area contributed by atoms with Crippen LogP contribution in [0.2, 0.25) is 0 Å². The molecule has 16 heteroatoms. The lowest BCUT2D eigenvalue weighted by Crippen LogP contribution is -2.54. The molecule has 5 aliphatic rings. The van der Waals surface area contributed by atoms with Crippen LogP contribution in [0.1, 0.15) is 68.0 Å². The number of likely N-dealkylation sites (tertiary alicyclic amines) is 1. The fourth-order valence-corrected chi connectivity index (χ4v) is 9.18. The van der Waals surface area contributed by atoms with Gasteiger partial charge >= 0.3 is 0 Å². The molecule has 0 bridgehead atoms. The number of aromatic nitrogens is 2. The molecule has 1 unspecified atom stereocenters. The fourth-order valence-electron chi connectivity index (χ4n) is 9.18. The number of H-pyrrole nitrogens is 1. The van der Waals surface area contributed by atoms with Crippen molar-refractivity contribution < 1.29 is 33.2 Å². The zero-order valence-electron chi connectivity index (χ0n) is 32.3. The molecule has 3 aromatic carbocycles. The first-order chi connectivity index (χ1) is 28.5. The Kier molecular flexibility index (Phi) is 10.0. The molecule has 4 aromatic rings. The number of benzene rings is 3. The lowest BCUT2D eigenvalue weighted by molar-refractivity contribution is -0.139. The molecule has 1 atom stereocenters. The molecular formula is C43H43FN8O7. The number of hydrogen-bond acceptors (Lipinski definition) is 10. The number of halogens is 1. The van der Waals surface area contributed by atoms with E-state index in [1.165, 1.54) is 6.07 Å². The lowest BCUT2D eigenvalue weighted by Gasteiger charge is -2.44. The van der Waals surface area contributed by atoms with Crippen molar-refractivity contribution in [2.45, 2.75) is 38.1 Å². The van der Waals surface area contributed by atoms with E-state index < -0.39 is 41.4 Å². The van der Waals surface area contributed by atoms with Crippen LogP contribution in [0.5, 0.6) is 0 Å². The Morgan fingerprint density at radius 1 is 0.780 bits per heavy atom. The van der Waals surface area contributed by atoms with Gasteiger partial charge in [-0.15, -0.1) is 0 Å². The first kappa shape index (κ1) is 38.2. The number of piperidine rings is 2. The van der Waals surface area contributed by atoms with Crippen molar-refractivity contribution in [2.75, 3.05) is 63.8 Å². The van der Waals surface area contributed by atoms with Gasteiger partial charge < -0.3 is 19.6 Å². The molecule has 59 heavy (non-hydrogen) atoms. The summed E-state index contributed by atoms with van der Waals surface area (Å²) in [5.74, 6) is -2.70. The van der Waals surface area contributed by atoms with Gasteiger partial charge in [0.1, 0.15) is 11.9 Å². The zero-order valence-corrected chi connectivity index (χ0v) is 32.3. The van der Waals surface area contributed by atoms with Crippen LogP contribution in [-0.4, -0.2) is 130 Å². The summed E-state index contributed by atoms with van der Waals surface area (Å²) in [6.45, 7) is 5.46. The van der Waals surface area contributed by atoms with Gasteiger partial charge in [-0.3, -0.25) is 43.8 Å². The normalized spacial score (nSPS) is 20.6. The highest BCUT2D eigenvalue weighted by Gasteiger charge is 2.45. The second kappa shape index (κ2) is 15.5. The summed E-state index contributed by atoms with van der Waals surface area (Å²) in [5, 5.41) is 10.2. The molecule has 4 saturated heterocycles. The molecule has 304 valence electrons. The number of nitrogens with one attached hydrogen (secondary N) is 2. The first-order valence-electron chi connectivity index (χ1n) is 20.2. The molecular weight excluding hydrogens is 760 g/mol. The molecule has 15 nitrogen and oxygen atoms in total. The van der Waals surface area contributed by atoms with Crippen molar-refractivity contribution in [3.8, 4) is 0 Å². The Balaban J connectivity index is 0.729. The molecule has 5 aliphatic heterocycles. The van der Waals surface area contributed by atoms with Gasteiger partial charge in [-0.05, 0) is 74.3 Å². The minimum absolute atomic E-state index is 0.0322. The second-order valence-corrected chi connectivity index (χ2v) is 16.2. The van der Waals surface area contributed by atoms with Gasteiger partial charge in [0.05, 0.1) is 27.8 Å². The molecule has 2 N–H and O–H groups in total. The van der Waals surface area contributed by atoms with E-state index in [1.54, 1.807) is 41.3 Å². The molecule has 6 amide bonds. The van der Waals surface area contributed by atoms with Crippen LogP contribution in [0.4, 0.5) is 10.1 Å². The number of rotatable bonds is 8. The van der Waals surface area contributed by atoms with E-state index in [9.17, 15) is 33.6 Å². The molecule has 4 fully saturated rings. The standard InChI is InChI=1S/C43H43FN8O7/c44-34-8-5-25(20-35-29-3-1-2-4-30(29)38(54)47-46-35)19-33(34)41(57)50-17-15-49(16-18-50)40(56)27-11-13-48(14-12-27)22-26-23-51(24-26)28-6-7-31-32(21-28)43(59)52(42(31)58)36-9-10-37(53)45-39(36)55/h1-8,19,21,26-27,36H,9-18,20,22-24H2,(H,47,54)(H,45,53,55). The highest BCUT2D eigenvalue weighted by atomic mass is 19.1. The Morgan fingerprint density at radius 2 is 1.49 bits per heavy atom. The number of amides is 6. The number of imide groups is 2. The topological polar surface area (TPSA) is 176 Å². The summed E-state index contributed by atoms with van der Waals surface area (Å²) in [7, 11) is 0. The summed E-state index contributed by atoms with van der Waals surface area (Å²) in [5.41, 5.74) is 2.35. The molecule has 0 aliphatic carbocycles. The molecule has 6 heterocycles. The van der Waals surface area contributed by atoms with E-state index in [4.69, 9.17) is 0 Å². The van der Waals surface area contributed by atoms with Crippen LogP contribution in [0.25, 0.3) is 10.8 Å². The second-order valence-electron chi connectivity index (χ2n) is 16.2. The third-order valence-electron chi connectivity index (χ3n) is 12.5. The summed E-state index contributed by atoms with van der Waals surface area (Å²) in [6.07, 6.45) is 1.98. The predicted molar refractivity (Wildman–Crippen MR) is 212 cm³/mol. The molecule has 0 radical (unpaired) electrons. The van der Waals surface area contributed by atoms with Gasteiger partial charge in [0.25, 0.3) is 23.3 Å². The van der Waals surface area contributed by atoms with E-state index >= 15 is 4.39 Å². The van der Waals surface area contributed by atoms with E-state index in [1.807, 2.05) is 23.1 Å². The van der Waals surface area contributed by atoms with Crippen molar-refractivity contribution >= 4 is 51.9 Å². The predicted octanol–water partition coefficient (Wildman–Crippen LogP) is 2.19. The Hall–Kier alpha value is -6.29. The average molecular weight is 803 g/mol. The molecule has 9 rings (SSSR count). The number of nitrogens with zero attached hydrogens (tertiary/aromatic N) is 6. The number of aromatic amines is 1. The van der Waals surface area contributed by atoms with Crippen molar-refractivity contribution in [1.29, 1.82) is 0 Å². The SMILES string of the molecule is O=C1CCC(N2C(=O)c3ccc(N4CC(CN5CCC(C(=O)N6CCN(C(=O)c7cc(Cc8n[nH]c(=O)c9ccccc89)ccc7F)CC6)CC5)C4)cc3C2=O)C(=O)N1. The number of anilines is 1. The van der Waals surface area contributed by atoms with Crippen molar-refractivity contribution in [2.24, 2.45) is 11.8 Å². The summed E-state index contributed by atoms with van der Waals surface area (Å²) >= 11 is 0. The monoisotopic (exact) mass is 802 g/mol. The highest BCUT2D eigenvalue weighted by Crippen LogP contribution is 2.34. The van der Waals surface area contributed by atoms with Crippen LogP contribution >= 0.6 is 0 Å². The molecule has 1 aromatic heterocycles. The van der Waals surface area contributed by atoms with Crippen molar-refractivity contribution in [1.82, 2.24) is 35.1 Å². The van der Waals surface area contributed by atoms with Crippen LogP contribution in [0.15, 0.2) is 65.5 Å². The van der Waals surface area contributed by atoms with Crippen molar-refractivity contribution in [3.63, 3.8) is 0 Å². The average Bonchev–Trinajstić information content (AvgIpc) is 3.48. The summed E-state index contributed by atoms with van der Waals surface area (Å²) in [6, 6.07) is 15.8. The Morgan fingerprint density at radius 3 is 2.24 bits per heavy atom. The lowest BCUT2D eigenvalue weighted by atomic mass is 9.92. The fraction of sp³-hybridized carbons (Fsp3) is 0.395. The van der Waals surface area contributed by atoms with Crippen LogP contribution in [0, 0.1) is 17.7 Å². The van der Waals surface area contributed by atoms with Gasteiger partial charge in [-0.1, -0.05) is 24.3 Å². The van der Waals surface area contributed by atoms with Crippen molar-refractivity contribution in [3.05, 3.63) is 105 Å². The number of fused-ring (bicyclic) bond motifs is 2. The number of hydrogen-bond donors (Lipinski definition) is 2. The van der Waals surface area contributed by atoms with Gasteiger partial charge in [-0.25, -0.2) is 9.49 Å². The minimum Gasteiger partial charge on any atom is -0.371 e. The quantitative estimate of drug-likeness (QED) is 0.251. The number of piperazine rings is 1. The van der Waals surface area contributed by atoms with Gasteiger partial charge in [0.2, 0.25) is 17.7 Å². The maximum Gasteiger partial charge on any atom is 0.272 e. The van der Waals surface area contributed by atoms with E-state index in [-0.39, 0.29) is 46.9 Å². The summed E-state index contributed by atoms with van der Waals surface area (Å²) < 4.78 is 15.0. The third kappa shape index (κ3) is 7.26. The maximum absolute atomic E-state index is 15.0. The highest BCUT2D eigenvalue weighted by molar-refractivity contribution is 6.23. The first-order valence-corrected chi connectivity index (χ1v) is 20.2. The van der Waals surface area contributed by atoms with E-state index in [2.05, 4.69) is 25.3 Å². The number of carbonyl (C=O) groups is 6. The van der Waals surface area contributed by atoms with Crippen LogP contribution in [0.3, 0.4) is 0 Å². The Bertz CT molecular complexity index is 2470. The largest absolute Gasteiger partial charge is 0.371 e. The van der Waals surface area contributed by atoms with Crippen LogP contribution < -0.4 is 15.8 Å². The van der Waals surface area contributed by atoms with E-state index in [0.29, 0.717) is 60.5 Å². The summed E-state index contributed by atoms with van der Waals surface area (Å²) in [4.78, 5) is 98.6.